The van der Waals surface area contributed by atoms with Gasteiger partial charge in [0.05, 0.1) is 0 Å². The molecule has 3 heteroatoms. The molecule has 0 saturated carbocycles. The number of hydrogen-bond donors (Lipinski definition) is 1. The van der Waals surface area contributed by atoms with Crippen LogP contribution in [0.1, 0.15) is 31.9 Å². The van der Waals surface area contributed by atoms with E-state index in [1.807, 2.05) is 30.3 Å². The summed E-state index contributed by atoms with van der Waals surface area (Å²) >= 11 is 3.60. The van der Waals surface area contributed by atoms with E-state index >= 15 is 0 Å². The monoisotopic (exact) mass is 347 g/mol. The van der Waals surface area contributed by atoms with Crippen molar-refractivity contribution in [3.05, 3.63) is 64.1 Å². The molecule has 0 bridgehead atoms. The van der Waals surface area contributed by atoms with E-state index in [4.69, 9.17) is 4.74 Å². The van der Waals surface area contributed by atoms with Crippen molar-refractivity contribution in [3.8, 4) is 5.75 Å². The highest BCUT2D eigenvalue weighted by Gasteiger charge is 2.10. The second kappa shape index (κ2) is 7.10. The summed E-state index contributed by atoms with van der Waals surface area (Å²) in [5, 5.41) is 3.49. The predicted octanol–water partition coefficient (Wildman–Crippen LogP) is 4.92. The average molecular weight is 348 g/mol. The first-order valence-corrected chi connectivity index (χ1v) is 7.93. The molecular formula is C18H22BrNO. The van der Waals surface area contributed by atoms with Crippen LogP contribution in [0.5, 0.6) is 5.75 Å². The Bertz CT molecular complexity index is 576. The van der Waals surface area contributed by atoms with Gasteiger partial charge < -0.3 is 10.1 Å². The van der Waals surface area contributed by atoms with Crippen LogP contribution in [0, 0.1) is 0 Å². The van der Waals surface area contributed by atoms with Gasteiger partial charge in [0.25, 0.3) is 0 Å². The van der Waals surface area contributed by atoms with Gasteiger partial charge in [0.2, 0.25) is 0 Å². The van der Waals surface area contributed by atoms with Gasteiger partial charge in [-0.05, 0) is 50.1 Å². The van der Waals surface area contributed by atoms with Gasteiger partial charge in [-0.1, -0.05) is 46.3 Å². The summed E-state index contributed by atoms with van der Waals surface area (Å²) in [5.74, 6) is 0.896. The lowest BCUT2D eigenvalue weighted by Crippen LogP contribution is -2.35. The molecule has 21 heavy (non-hydrogen) atoms. The minimum atomic E-state index is 0.0976. The topological polar surface area (TPSA) is 21.3 Å². The van der Waals surface area contributed by atoms with Crippen LogP contribution in [0.3, 0.4) is 0 Å². The molecule has 0 atom stereocenters. The maximum atomic E-state index is 5.87. The van der Waals surface area contributed by atoms with Crippen molar-refractivity contribution in [2.75, 3.05) is 0 Å². The summed E-state index contributed by atoms with van der Waals surface area (Å²) in [7, 11) is 0. The lowest BCUT2D eigenvalue weighted by atomic mass is 10.1. The predicted molar refractivity (Wildman–Crippen MR) is 91.5 cm³/mol. The molecule has 0 amide bonds. The Morgan fingerprint density at radius 2 is 1.76 bits per heavy atom. The van der Waals surface area contributed by atoms with Crippen LogP contribution in [-0.2, 0) is 13.2 Å². The van der Waals surface area contributed by atoms with Gasteiger partial charge in [0, 0.05) is 16.6 Å². The van der Waals surface area contributed by atoms with E-state index in [-0.39, 0.29) is 5.54 Å². The molecule has 0 fully saturated rings. The third-order valence-corrected chi connectivity index (χ3v) is 3.85. The summed E-state index contributed by atoms with van der Waals surface area (Å²) < 4.78 is 6.97. The van der Waals surface area contributed by atoms with Crippen LogP contribution in [0.15, 0.2) is 53.0 Å². The van der Waals surface area contributed by atoms with Gasteiger partial charge in [0.15, 0.2) is 0 Å². The fourth-order valence-electron chi connectivity index (χ4n) is 1.88. The minimum Gasteiger partial charge on any atom is -0.489 e. The highest BCUT2D eigenvalue weighted by atomic mass is 79.9. The number of rotatable bonds is 5. The zero-order valence-electron chi connectivity index (χ0n) is 12.8. The number of nitrogens with one attached hydrogen (secondary N) is 1. The van der Waals surface area contributed by atoms with Gasteiger partial charge in [-0.15, -0.1) is 0 Å². The summed E-state index contributed by atoms with van der Waals surface area (Å²) in [6, 6.07) is 16.3. The first-order valence-electron chi connectivity index (χ1n) is 7.14. The molecule has 1 N–H and O–H groups in total. The minimum absolute atomic E-state index is 0.0976. The van der Waals surface area contributed by atoms with Crippen molar-refractivity contribution in [1.29, 1.82) is 0 Å². The lowest BCUT2D eigenvalue weighted by Gasteiger charge is -2.21. The normalized spacial score (nSPS) is 11.4. The van der Waals surface area contributed by atoms with E-state index in [9.17, 15) is 0 Å². The van der Waals surface area contributed by atoms with E-state index in [0.29, 0.717) is 6.61 Å². The van der Waals surface area contributed by atoms with Crippen LogP contribution < -0.4 is 10.1 Å². The Balaban J connectivity index is 2.01. The smallest absolute Gasteiger partial charge is 0.120 e. The van der Waals surface area contributed by atoms with Gasteiger partial charge in [-0.25, -0.2) is 0 Å². The Hall–Kier alpha value is -1.32. The van der Waals surface area contributed by atoms with Crippen molar-refractivity contribution in [1.82, 2.24) is 5.32 Å². The molecule has 2 nitrogen and oxygen atoms in total. The second-order valence-electron chi connectivity index (χ2n) is 6.13. The maximum Gasteiger partial charge on any atom is 0.120 e. The number of hydrogen-bond acceptors (Lipinski definition) is 2. The summed E-state index contributed by atoms with van der Waals surface area (Å²) in [4.78, 5) is 0. The number of halogens is 1. The number of benzene rings is 2. The number of ether oxygens (including phenoxy) is 1. The quantitative estimate of drug-likeness (QED) is 0.828. The molecule has 2 rings (SSSR count). The van der Waals surface area contributed by atoms with E-state index in [1.165, 1.54) is 11.1 Å². The standard InChI is InChI=1S/C18H22BrNO/c1-18(2,3)20-12-15-11-16(9-10-17(15)19)21-13-14-7-5-4-6-8-14/h4-11,20H,12-13H2,1-3H3. The average Bonchev–Trinajstić information content (AvgIpc) is 2.45. The SMILES string of the molecule is CC(C)(C)NCc1cc(OCc2ccccc2)ccc1Br. The summed E-state index contributed by atoms with van der Waals surface area (Å²) in [6.07, 6.45) is 0. The molecule has 0 saturated heterocycles. The molecule has 0 aliphatic heterocycles. The maximum absolute atomic E-state index is 5.87. The Kier molecular flexibility index (Phi) is 5.43. The van der Waals surface area contributed by atoms with Crippen LogP contribution >= 0.6 is 15.9 Å². The Labute approximate surface area is 135 Å². The zero-order chi connectivity index (χ0) is 15.3. The molecule has 0 aromatic heterocycles. The molecule has 0 heterocycles. The van der Waals surface area contributed by atoms with Gasteiger partial charge in [-0.2, -0.15) is 0 Å². The molecule has 0 unspecified atom stereocenters. The summed E-state index contributed by atoms with van der Waals surface area (Å²) in [5.41, 5.74) is 2.48. The Morgan fingerprint density at radius 1 is 1.05 bits per heavy atom. The molecule has 2 aromatic carbocycles. The highest BCUT2D eigenvalue weighted by Crippen LogP contribution is 2.24. The van der Waals surface area contributed by atoms with E-state index in [2.05, 4.69) is 60.2 Å². The molecule has 0 aliphatic rings. The largest absolute Gasteiger partial charge is 0.489 e. The van der Waals surface area contributed by atoms with Gasteiger partial charge in [0.1, 0.15) is 12.4 Å². The van der Waals surface area contributed by atoms with Crippen molar-refractivity contribution in [2.45, 2.75) is 39.5 Å². The molecule has 2 aromatic rings. The first kappa shape index (κ1) is 16.1. The van der Waals surface area contributed by atoms with E-state index in [1.54, 1.807) is 0 Å². The first-order chi connectivity index (χ1) is 9.94. The van der Waals surface area contributed by atoms with Crippen molar-refractivity contribution in [2.24, 2.45) is 0 Å². The third-order valence-electron chi connectivity index (χ3n) is 3.07. The van der Waals surface area contributed by atoms with E-state index < -0.39 is 0 Å². The van der Waals surface area contributed by atoms with Crippen LogP contribution in [0.25, 0.3) is 0 Å². The van der Waals surface area contributed by atoms with Crippen LogP contribution in [0.2, 0.25) is 0 Å². The lowest BCUT2D eigenvalue weighted by molar-refractivity contribution is 0.305. The molecular weight excluding hydrogens is 326 g/mol. The van der Waals surface area contributed by atoms with Gasteiger partial charge in [-0.3, -0.25) is 0 Å². The fraction of sp³-hybridized carbons (Fsp3) is 0.333. The van der Waals surface area contributed by atoms with Crippen molar-refractivity contribution >= 4 is 15.9 Å². The molecule has 112 valence electrons. The molecule has 0 aliphatic carbocycles. The fourth-order valence-corrected chi connectivity index (χ4v) is 2.26. The zero-order valence-corrected chi connectivity index (χ0v) is 14.4. The van der Waals surface area contributed by atoms with Crippen LogP contribution in [-0.4, -0.2) is 5.54 Å². The van der Waals surface area contributed by atoms with Crippen LogP contribution in [0.4, 0.5) is 0 Å². The third kappa shape index (κ3) is 5.52. The van der Waals surface area contributed by atoms with Crippen molar-refractivity contribution in [3.63, 3.8) is 0 Å². The second-order valence-corrected chi connectivity index (χ2v) is 6.99. The van der Waals surface area contributed by atoms with Gasteiger partial charge >= 0.3 is 0 Å². The highest BCUT2D eigenvalue weighted by molar-refractivity contribution is 9.10. The Morgan fingerprint density at radius 3 is 2.43 bits per heavy atom. The summed E-state index contributed by atoms with van der Waals surface area (Å²) in [6.45, 7) is 7.89. The van der Waals surface area contributed by atoms with Crippen molar-refractivity contribution < 1.29 is 4.74 Å². The van der Waals surface area contributed by atoms with E-state index in [0.717, 1.165) is 16.8 Å². The molecule has 0 radical (unpaired) electrons. The molecule has 0 spiro atoms.